The second-order valence-corrected chi connectivity index (χ2v) is 5.60. The molecule has 3 heteroatoms. The number of hydrogen-bond acceptors (Lipinski definition) is 2. The largest absolute Gasteiger partial charge is 0.386 e. The maximum atomic E-state index is 11.9. The molecule has 20 heavy (non-hydrogen) atoms. The molecule has 1 saturated heterocycles. The van der Waals surface area contributed by atoms with Crippen LogP contribution in [-0.4, -0.2) is 34.6 Å². The zero-order chi connectivity index (χ0) is 14.6. The van der Waals surface area contributed by atoms with E-state index in [0.29, 0.717) is 13.1 Å². The molecule has 108 valence electrons. The number of hydrogen-bond donors (Lipinski definition) is 1. The number of benzene rings is 1. The molecular formula is C17H23NO2. The summed E-state index contributed by atoms with van der Waals surface area (Å²) < 4.78 is 0. The van der Waals surface area contributed by atoms with Crippen molar-refractivity contribution in [2.75, 3.05) is 13.1 Å². The maximum Gasteiger partial charge on any atom is 0.246 e. The Morgan fingerprint density at radius 1 is 1.30 bits per heavy atom. The third kappa shape index (κ3) is 3.48. The van der Waals surface area contributed by atoms with Gasteiger partial charge in [0.1, 0.15) is 0 Å². The van der Waals surface area contributed by atoms with Crippen molar-refractivity contribution >= 4 is 12.0 Å². The molecule has 1 aliphatic heterocycles. The molecule has 1 heterocycles. The summed E-state index contributed by atoms with van der Waals surface area (Å²) in [6.07, 6.45) is 6.15. The Hall–Kier alpha value is -1.61. The number of carbonyl (C=O) groups excluding carboxylic acids is 1. The third-order valence-electron chi connectivity index (χ3n) is 3.80. The predicted molar refractivity (Wildman–Crippen MR) is 81.3 cm³/mol. The van der Waals surface area contributed by atoms with Crippen LogP contribution in [0.2, 0.25) is 0 Å². The minimum atomic E-state index is -0.652. The average Bonchev–Trinajstić information content (AvgIpc) is 2.43. The van der Waals surface area contributed by atoms with E-state index in [2.05, 4.69) is 19.1 Å². The van der Waals surface area contributed by atoms with Crippen LogP contribution in [0.1, 0.15) is 37.8 Å². The van der Waals surface area contributed by atoms with Crippen molar-refractivity contribution in [1.82, 2.24) is 4.90 Å². The number of β-amino-alcohol motifs (C(OH)–C–C–N with tert-alkyl or cyclic N) is 1. The van der Waals surface area contributed by atoms with E-state index in [0.717, 1.165) is 24.8 Å². The van der Waals surface area contributed by atoms with Crippen LogP contribution >= 0.6 is 0 Å². The van der Waals surface area contributed by atoms with Gasteiger partial charge in [-0.25, -0.2) is 0 Å². The summed E-state index contributed by atoms with van der Waals surface area (Å²) in [4.78, 5) is 13.6. The number of amides is 1. The van der Waals surface area contributed by atoms with Crippen molar-refractivity contribution in [1.29, 1.82) is 0 Å². The normalized spacial score (nSPS) is 17.2. The minimum absolute atomic E-state index is 0.0228. The van der Waals surface area contributed by atoms with E-state index in [9.17, 15) is 9.90 Å². The SMILES string of the molecule is CCCC1(O)CN(C(=O)C=Cc2ccc(CC)cc2)C1. The standard InChI is InChI=1S/C17H23NO2/c1-3-11-17(20)12-18(13-17)16(19)10-9-15-7-5-14(4-2)6-8-15/h5-10,20H,3-4,11-13H2,1-2H3. The summed E-state index contributed by atoms with van der Waals surface area (Å²) in [5.74, 6) is -0.0228. The fourth-order valence-electron chi connectivity index (χ4n) is 2.58. The number of aryl methyl sites for hydroxylation is 1. The first kappa shape index (κ1) is 14.8. The molecule has 1 aromatic rings. The molecule has 1 aliphatic rings. The Balaban J connectivity index is 1.87. The lowest BCUT2D eigenvalue weighted by Crippen LogP contribution is -2.63. The lowest BCUT2D eigenvalue weighted by atomic mass is 9.89. The van der Waals surface area contributed by atoms with Crippen LogP contribution in [0.25, 0.3) is 6.08 Å². The Bertz CT molecular complexity index is 484. The lowest BCUT2D eigenvalue weighted by molar-refractivity contribution is -0.151. The second kappa shape index (κ2) is 6.23. The van der Waals surface area contributed by atoms with Gasteiger partial charge in [0.05, 0.1) is 18.7 Å². The van der Waals surface area contributed by atoms with Gasteiger partial charge in [0.2, 0.25) is 5.91 Å². The van der Waals surface area contributed by atoms with E-state index in [1.807, 2.05) is 25.1 Å². The smallest absolute Gasteiger partial charge is 0.246 e. The summed E-state index contributed by atoms with van der Waals surface area (Å²) in [7, 11) is 0. The Morgan fingerprint density at radius 2 is 1.95 bits per heavy atom. The Morgan fingerprint density at radius 3 is 2.50 bits per heavy atom. The molecule has 2 rings (SSSR count). The molecule has 0 bridgehead atoms. The summed E-state index contributed by atoms with van der Waals surface area (Å²) in [5.41, 5.74) is 1.67. The molecular weight excluding hydrogens is 250 g/mol. The first-order chi connectivity index (χ1) is 9.56. The zero-order valence-corrected chi connectivity index (χ0v) is 12.3. The molecule has 0 saturated carbocycles. The predicted octanol–water partition coefficient (Wildman–Crippen LogP) is 2.64. The van der Waals surface area contributed by atoms with Crippen molar-refractivity contribution in [3.05, 3.63) is 41.5 Å². The van der Waals surface area contributed by atoms with Gasteiger partial charge in [-0.2, -0.15) is 0 Å². The van der Waals surface area contributed by atoms with Crippen LogP contribution in [0.15, 0.2) is 30.3 Å². The molecule has 1 fully saturated rings. The van der Waals surface area contributed by atoms with Gasteiger partial charge in [0.25, 0.3) is 0 Å². The van der Waals surface area contributed by atoms with Crippen molar-refractivity contribution in [3.63, 3.8) is 0 Å². The highest BCUT2D eigenvalue weighted by Crippen LogP contribution is 2.25. The van der Waals surface area contributed by atoms with Gasteiger partial charge in [-0.3, -0.25) is 4.79 Å². The van der Waals surface area contributed by atoms with Crippen molar-refractivity contribution < 1.29 is 9.90 Å². The number of aliphatic hydroxyl groups is 1. The first-order valence-electron chi connectivity index (χ1n) is 7.34. The van der Waals surface area contributed by atoms with Crippen LogP contribution in [0, 0.1) is 0 Å². The van der Waals surface area contributed by atoms with E-state index >= 15 is 0 Å². The summed E-state index contributed by atoms with van der Waals surface area (Å²) in [5, 5.41) is 10.1. The molecule has 0 radical (unpaired) electrons. The fraction of sp³-hybridized carbons (Fsp3) is 0.471. The van der Waals surface area contributed by atoms with E-state index in [4.69, 9.17) is 0 Å². The van der Waals surface area contributed by atoms with Crippen LogP contribution in [-0.2, 0) is 11.2 Å². The summed E-state index contributed by atoms with van der Waals surface area (Å²) in [6.45, 7) is 5.08. The summed E-state index contributed by atoms with van der Waals surface area (Å²) >= 11 is 0. The van der Waals surface area contributed by atoms with E-state index in [-0.39, 0.29) is 5.91 Å². The monoisotopic (exact) mass is 273 g/mol. The van der Waals surface area contributed by atoms with Crippen molar-refractivity contribution in [3.8, 4) is 0 Å². The van der Waals surface area contributed by atoms with Gasteiger partial charge >= 0.3 is 0 Å². The molecule has 0 aromatic heterocycles. The second-order valence-electron chi connectivity index (χ2n) is 5.60. The van der Waals surface area contributed by atoms with Crippen molar-refractivity contribution in [2.24, 2.45) is 0 Å². The fourth-order valence-corrected chi connectivity index (χ4v) is 2.58. The molecule has 0 unspecified atom stereocenters. The number of likely N-dealkylation sites (tertiary alicyclic amines) is 1. The van der Waals surface area contributed by atoms with E-state index in [1.165, 1.54) is 5.56 Å². The molecule has 1 aromatic carbocycles. The maximum absolute atomic E-state index is 11.9. The van der Waals surface area contributed by atoms with Crippen molar-refractivity contribution in [2.45, 2.75) is 38.7 Å². The average molecular weight is 273 g/mol. The summed E-state index contributed by atoms with van der Waals surface area (Å²) in [6, 6.07) is 8.19. The topological polar surface area (TPSA) is 40.5 Å². The quantitative estimate of drug-likeness (QED) is 0.838. The highest BCUT2D eigenvalue weighted by molar-refractivity contribution is 5.92. The van der Waals surface area contributed by atoms with Gasteiger partial charge in [0, 0.05) is 6.08 Å². The lowest BCUT2D eigenvalue weighted by Gasteiger charge is -2.46. The van der Waals surface area contributed by atoms with Gasteiger partial charge in [-0.1, -0.05) is 44.5 Å². The molecule has 1 amide bonds. The number of carbonyl (C=O) groups is 1. The molecule has 0 aliphatic carbocycles. The third-order valence-corrected chi connectivity index (χ3v) is 3.80. The van der Waals surface area contributed by atoms with E-state index < -0.39 is 5.60 Å². The van der Waals surface area contributed by atoms with Gasteiger partial charge in [-0.05, 0) is 30.0 Å². The molecule has 1 N–H and O–H groups in total. The van der Waals surface area contributed by atoms with Crippen LogP contribution in [0.5, 0.6) is 0 Å². The van der Waals surface area contributed by atoms with Gasteiger partial charge in [0.15, 0.2) is 0 Å². The van der Waals surface area contributed by atoms with Crippen LogP contribution in [0.3, 0.4) is 0 Å². The molecule has 0 spiro atoms. The number of nitrogens with zero attached hydrogens (tertiary/aromatic N) is 1. The minimum Gasteiger partial charge on any atom is -0.386 e. The highest BCUT2D eigenvalue weighted by Gasteiger charge is 2.41. The molecule has 3 nitrogen and oxygen atoms in total. The Kier molecular flexibility index (Phi) is 4.61. The van der Waals surface area contributed by atoms with Crippen LogP contribution < -0.4 is 0 Å². The van der Waals surface area contributed by atoms with Gasteiger partial charge < -0.3 is 10.0 Å². The molecule has 0 atom stereocenters. The van der Waals surface area contributed by atoms with Gasteiger partial charge in [-0.15, -0.1) is 0 Å². The van der Waals surface area contributed by atoms with E-state index in [1.54, 1.807) is 11.0 Å². The zero-order valence-electron chi connectivity index (χ0n) is 12.3. The highest BCUT2D eigenvalue weighted by atomic mass is 16.3. The Labute approximate surface area is 120 Å². The first-order valence-corrected chi connectivity index (χ1v) is 7.34. The number of rotatable bonds is 5. The van der Waals surface area contributed by atoms with Crippen LogP contribution in [0.4, 0.5) is 0 Å².